The average Bonchev–Trinajstić information content (AvgIpc) is 3.25. The van der Waals surface area contributed by atoms with Crippen LogP contribution in [0.15, 0.2) is 0 Å². The molecule has 19 heteroatoms. The number of carbonyl (C=O) groups is 4. The van der Waals surface area contributed by atoms with Crippen LogP contribution < -0.4 is 0 Å². The van der Waals surface area contributed by atoms with Crippen LogP contribution in [0.4, 0.5) is 0 Å². The number of unbranched alkanes of at least 4 members (excludes halogenated alkanes) is 19. The van der Waals surface area contributed by atoms with Gasteiger partial charge in [-0.2, -0.15) is 0 Å². The Labute approximate surface area is 377 Å². The highest BCUT2D eigenvalue weighted by molar-refractivity contribution is 7.47. The maximum atomic E-state index is 12.7. The number of carbonyl (C=O) groups excluding carboxylic acids is 4. The van der Waals surface area contributed by atoms with E-state index in [1.165, 1.54) is 38.5 Å². The van der Waals surface area contributed by atoms with Crippen molar-refractivity contribution in [3.63, 3.8) is 0 Å². The van der Waals surface area contributed by atoms with Gasteiger partial charge in [0.25, 0.3) is 0 Å². The summed E-state index contributed by atoms with van der Waals surface area (Å²) in [7, 11) is -9.80. The molecule has 3 N–H and O–H groups in total. The van der Waals surface area contributed by atoms with E-state index in [2.05, 4.69) is 13.8 Å². The monoisotopic (exact) mass is 947 g/mol. The lowest BCUT2D eigenvalue weighted by molar-refractivity contribution is -0.161. The van der Waals surface area contributed by atoms with Crippen molar-refractivity contribution in [2.75, 3.05) is 39.6 Å². The Kier molecular flexibility index (Phi) is 39.1. The largest absolute Gasteiger partial charge is 0.472 e. The van der Waals surface area contributed by atoms with Gasteiger partial charge in [0, 0.05) is 25.7 Å². The number of esters is 4. The number of hydrogen-bond acceptors (Lipinski definition) is 15. The van der Waals surface area contributed by atoms with E-state index in [1.807, 2.05) is 13.8 Å². The molecule has 0 aromatic heterocycles. The fraction of sp³-hybridized carbons (Fsp3) is 0.909. The molecule has 0 spiro atoms. The van der Waals surface area contributed by atoms with Gasteiger partial charge in [0.1, 0.15) is 19.3 Å². The lowest BCUT2D eigenvalue weighted by Gasteiger charge is -2.21. The normalized spacial score (nSPS) is 14.8. The Hall–Kier alpha value is -1.94. The van der Waals surface area contributed by atoms with Gasteiger partial charge in [0.15, 0.2) is 12.2 Å². The third kappa shape index (κ3) is 40.1. The summed E-state index contributed by atoms with van der Waals surface area (Å²) in [5.74, 6) is -2.22. The highest BCUT2D eigenvalue weighted by Gasteiger charge is 2.30. The molecule has 17 nitrogen and oxygen atoms in total. The molecule has 0 radical (unpaired) electrons. The van der Waals surface area contributed by atoms with Crippen LogP contribution in [-0.4, -0.2) is 96.7 Å². The van der Waals surface area contributed by atoms with Crippen LogP contribution in [0.2, 0.25) is 0 Å². The van der Waals surface area contributed by atoms with Crippen molar-refractivity contribution in [1.82, 2.24) is 0 Å². The summed E-state index contributed by atoms with van der Waals surface area (Å²) in [6, 6.07) is 0. The second-order valence-corrected chi connectivity index (χ2v) is 19.0. The Morgan fingerprint density at radius 2 is 0.651 bits per heavy atom. The first kappa shape index (κ1) is 61.1. The van der Waals surface area contributed by atoms with Gasteiger partial charge in [0.2, 0.25) is 0 Å². The predicted octanol–water partition coefficient (Wildman–Crippen LogP) is 10.1. The zero-order valence-corrected chi connectivity index (χ0v) is 40.8. The molecule has 0 heterocycles. The van der Waals surface area contributed by atoms with Crippen molar-refractivity contribution in [2.24, 2.45) is 0 Å². The highest BCUT2D eigenvalue weighted by Crippen LogP contribution is 2.45. The van der Waals surface area contributed by atoms with Gasteiger partial charge in [-0.1, -0.05) is 150 Å². The predicted molar refractivity (Wildman–Crippen MR) is 238 cm³/mol. The Morgan fingerprint density at radius 1 is 0.381 bits per heavy atom. The fourth-order valence-corrected chi connectivity index (χ4v) is 7.66. The van der Waals surface area contributed by atoms with Crippen LogP contribution in [0.25, 0.3) is 0 Å². The van der Waals surface area contributed by atoms with E-state index in [0.717, 1.165) is 83.5 Å². The molecule has 0 aliphatic carbocycles. The topological polar surface area (TPSA) is 237 Å². The summed E-state index contributed by atoms with van der Waals surface area (Å²) < 4.78 is 66.2. The highest BCUT2D eigenvalue weighted by atomic mass is 31.2. The molecule has 0 aliphatic heterocycles. The molecule has 0 aromatic rings. The number of rotatable bonds is 45. The van der Waals surface area contributed by atoms with Crippen molar-refractivity contribution >= 4 is 39.5 Å². The van der Waals surface area contributed by atoms with Gasteiger partial charge in [-0.15, -0.1) is 0 Å². The van der Waals surface area contributed by atoms with Gasteiger partial charge in [-0.05, 0) is 25.7 Å². The first-order valence-corrected chi connectivity index (χ1v) is 26.8. The molecule has 0 saturated carbocycles. The molecule has 0 rings (SSSR count). The quantitative estimate of drug-likeness (QED) is 0.0223. The van der Waals surface area contributed by atoms with Gasteiger partial charge in [-0.3, -0.25) is 37.3 Å². The lowest BCUT2D eigenvalue weighted by atomic mass is 10.1. The van der Waals surface area contributed by atoms with E-state index >= 15 is 0 Å². The minimum atomic E-state index is -4.91. The van der Waals surface area contributed by atoms with Crippen molar-refractivity contribution in [3.05, 3.63) is 0 Å². The number of aliphatic hydroxyl groups excluding tert-OH is 1. The Balaban J connectivity index is 5.06. The first-order valence-electron chi connectivity index (χ1n) is 23.8. The van der Waals surface area contributed by atoms with Crippen LogP contribution in [0.1, 0.15) is 201 Å². The second-order valence-electron chi connectivity index (χ2n) is 16.1. The van der Waals surface area contributed by atoms with Crippen molar-refractivity contribution < 1.29 is 80.2 Å². The third-order valence-corrected chi connectivity index (χ3v) is 11.8. The smallest absolute Gasteiger partial charge is 0.462 e. The number of ether oxygens (including phenoxy) is 4. The number of aliphatic hydroxyl groups is 1. The molecule has 0 saturated heterocycles. The summed E-state index contributed by atoms with van der Waals surface area (Å²) >= 11 is 0. The van der Waals surface area contributed by atoms with Crippen molar-refractivity contribution in [2.45, 2.75) is 219 Å². The molecule has 0 aliphatic rings. The third-order valence-electron chi connectivity index (χ3n) is 9.85. The number of phosphoric ester groups is 2. The van der Waals surface area contributed by atoms with E-state index in [-0.39, 0.29) is 25.7 Å². The molecule has 372 valence electrons. The molecule has 2 unspecified atom stereocenters. The zero-order chi connectivity index (χ0) is 47.0. The standard InChI is InChI=1S/C44H84O17P2/c1-5-9-13-16-18-19-20-22-23-26-29-42(47)55-35-40(61-44(49)31-27-24-21-17-14-10-6-2)37-59-63(52,53)57-33-38(45)32-56-62(50,51)58-36-39(34-54-41(46)28-12-8-4)60-43(48)30-25-15-11-7-3/h38-40,45H,5-37H2,1-4H3,(H,50,51)(H,52,53)/t38-,39-,40-/m1/s1. The van der Waals surface area contributed by atoms with Crippen molar-refractivity contribution in [1.29, 1.82) is 0 Å². The van der Waals surface area contributed by atoms with Gasteiger partial charge < -0.3 is 33.8 Å². The van der Waals surface area contributed by atoms with Crippen LogP contribution in [0.5, 0.6) is 0 Å². The Bertz CT molecular complexity index is 1270. The molecule has 5 atom stereocenters. The van der Waals surface area contributed by atoms with E-state index in [9.17, 15) is 43.2 Å². The molecule has 63 heavy (non-hydrogen) atoms. The molecule has 0 fully saturated rings. The van der Waals surface area contributed by atoms with Gasteiger partial charge in [0.05, 0.1) is 26.4 Å². The van der Waals surface area contributed by atoms with Gasteiger partial charge in [-0.25, -0.2) is 9.13 Å². The van der Waals surface area contributed by atoms with Crippen LogP contribution in [0, 0.1) is 0 Å². The van der Waals surface area contributed by atoms with Gasteiger partial charge >= 0.3 is 39.5 Å². The summed E-state index contributed by atoms with van der Waals surface area (Å²) in [4.78, 5) is 70.1. The molecule has 0 bridgehead atoms. The number of hydrogen-bond donors (Lipinski definition) is 3. The minimum Gasteiger partial charge on any atom is -0.462 e. The maximum Gasteiger partial charge on any atom is 0.472 e. The fourth-order valence-electron chi connectivity index (χ4n) is 6.08. The summed E-state index contributed by atoms with van der Waals surface area (Å²) in [5, 5.41) is 10.3. The summed E-state index contributed by atoms with van der Waals surface area (Å²) in [6.45, 7) is 4.28. The Morgan fingerprint density at radius 3 is 1.00 bits per heavy atom. The van der Waals surface area contributed by atoms with Crippen LogP contribution >= 0.6 is 15.6 Å². The minimum absolute atomic E-state index is 0.0935. The van der Waals surface area contributed by atoms with E-state index in [4.69, 9.17) is 37.0 Å². The molecular formula is C44H84O17P2. The molecule has 0 aromatic carbocycles. The van der Waals surface area contributed by atoms with Crippen LogP contribution in [0.3, 0.4) is 0 Å². The van der Waals surface area contributed by atoms with E-state index in [1.54, 1.807) is 0 Å². The van der Waals surface area contributed by atoms with E-state index in [0.29, 0.717) is 25.7 Å². The SMILES string of the molecule is CCCCCCCCCCCCC(=O)OC[C@H](COP(=O)(O)OC[C@H](O)COP(=O)(O)OC[C@@H](COC(=O)CCCC)OC(=O)CCCCCC)OC(=O)CCCCCCCCC. The average molecular weight is 947 g/mol. The zero-order valence-electron chi connectivity index (χ0n) is 39.0. The van der Waals surface area contributed by atoms with Crippen molar-refractivity contribution in [3.8, 4) is 0 Å². The lowest BCUT2D eigenvalue weighted by Crippen LogP contribution is -2.30. The van der Waals surface area contributed by atoms with Crippen LogP contribution in [-0.2, 0) is 65.4 Å². The first-order chi connectivity index (χ1) is 30.2. The number of phosphoric acid groups is 2. The molecule has 0 amide bonds. The van der Waals surface area contributed by atoms with E-state index < -0.39 is 97.5 Å². The maximum absolute atomic E-state index is 12.7. The summed E-state index contributed by atoms with van der Waals surface area (Å²) in [5.41, 5.74) is 0. The summed E-state index contributed by atoms with van der Waals surface area (Å²) in [6.07, 6.45) is 18.9. The second kappa shape index (κ2) is 40.3. The molecular weight excluding hydrogens is 862 g/mol.